The first-order valence-corrected chi connectivity index (χ1v) is 5.59. The molecule has 17 heavy (non-hydrogen) atoms. The molecule has 1 aromatic heterocycles. The van der Waals surface area contributed by atoms with E-state index in [0.29, 0.717) is 16.8 Å². The molecule has 1 aromatic rings. The van der Waals surface area contributed by atoms with Crippen LogP contribution < -0.4 is 5.32 Å². The number of nitrogens with one attached hydrogen (secondary N) is 2. The molecule has 0 aliphatic rings. The lowest BCUT2D eigenvalue weighted by atomic mass is 10.0. The molecule has 90 valence electrons. The number of nitrogens with zero attached hydrogens (tertiary/aromatic N) is 1. The Labute approximate surface area is 101 Å². The standard InChI is InChI=1S/C13H17N3O/c1-3-4-10-5-12(11(6-14)8-15-2)13(9-17)16-7-10/h5-9,14-15H,3-4H2,1-2H3/b11-8+,14-6?. The van der Waals surface area contributed by atoms with E-state index in [-0.39, 0.29) is 0 Å². The number of hydrogen-bond acceptors (Lipinski definition) is 4. The Kier molecular flexibility index (Phi) is 5.07. The minimum Gasteiger partial charge on any atom is -0.393 e. The minimum atomic E-state index is 0.370. The zero-order valence-corrected chi connectivity index (χ0v) is 10.2. The highest BCUT2D eigenvalue weighted by atomic mass is 16.1. The summed E-state index contributed by atoms with van der Waals surface area (Å²) in [6.45, 7) is 2.09. The molecule has 1 rings (SSSR count). The second-order valence-corrected chi connectivity index (χ2v) is 3.68. The van der Waals surface area contributed by atoms with E-state index in [1.54, 1.807) is 19.4 Å². The van der Waals surface area contributed by atoms with E-state index in [0.717, 1.165) is 24.7 Å². The molecular weight excluding hydrogens is 214 g/mol. The normalized spacial score (nSPS) is 11.1. The predicted molar refractivity (Wildman–Crippen MR) is 69.4 cm³/mol. The van der Waals surface area contributed by atoms with Gasteiger partial charge in [-0.3, -0.25) is 9.78 Å². The summed E-state index contributed by atoms with van der Waals surface area (Å²) in [7, 11) is 1.76. The van der Waals surface area contributed by atoms with Gasteiger partial charge in [0.15, 0.2) is 6.29 Å². The van der Waals surface area contributed by atoms with Gasteiger partial charge in [-0.15, -0.1) is 0 Å². The molecule has 0 aliphatic carbocycles. The fourth-order valence-corrected chi connectivity index (χ4v) is 1.62. The first-order chi connectivity index (χ1) is 8.26. The van der Waals surface area contributed by atoms with Crippen LogP contribution in [0.2, 0.25) is 0 Å². The van der Waals surface area contributed by atoms with Crippen molar-refractivity contribution in [2.24, 2.45) is 0 Å². The third kappa shape index (κ3) is 3.24. The van der Waals surface area contributed by atoms with E-state index in [1.165, 1.54) is 6.21 Å². The quantitative estimate of drug-likeness (QED) is 0.581. The largest absolute Gasteiger partial charge is 0.393 e. The number of hydrogen-bond donors (Lipinski definition) is 2. The number of allylic oxidation sites excluding steroid dienone is 1. The van der Waals surface area contributed by atoms with Gasteiger partial charge in [-0.25, -0.2) is 0 Å². The number of carbonyl (C=O) groups is 1. The van der Waals surface area contributed by atoms with Crippen LogP contribution >= 0.6 is 0 Å². The molecule has 0 aliphatic heterocycles. The van der Waals surface area contributed by atoms with E-state index in [9.17, 15) is 4.79 Å². The van der Waals surface area contributed by atoms with Gasteiger partial charge in [0.25, 0.3) is 0 Å². The SMILES string of the molecule is CCCc1cnc(C=O)c(/C(C=N)=C/NC)c1. The van der Waals surface area contributed by atoms with Crippen molar-refractivity contribution < 1.29 is 4.79 Å². The molecule has 0 saturated carbocycles. The van der Waals surface area contributed by atoms with Crippen molar-refractivity contribution in [3.05, 3.63) is 35.3 Å². The van der Waals surface area contributed by atoms with Crippen LogP contribution in [-0.2, 0) is 6.42 Å². The maximum absolute atomic E-state index is 10.9. The van der Waals surface area contributed by atoms with Crippen LogP contribution in [0, 0.1) is 5.41 Å². The zero-order chi connectivity index (χ0) is 12.7. The third-order valence-corrected chi connectivity index (χ3v) is 2.39. The molecule has 0 bridgehead atoms. The van der Waals surface area contributed by atoms with Gasteiger partial charge in [0, 0.05) is 36.8 Å². The van der Waals surface area contributed by atoms with E-state index < -0.39 is 0 Å². The molecule has 0 fully saturated rings. The molecule has 0 radical (unpaired) electrons. The molecule has 2 N–H and O–H groups in total. The van der Waals surface area contributed by atoms with Crippen molar-refractivity contribution in [1.82, 2.24) is 10.3 Å². The molecule has 4 nitrogen and oxygen atoms in total. The van der Waals surface area contributed by atoms with Crippen molar-refractivity contribution in [3.63, 3.8) is 0 Å². The minimum absolute atomic E-state index is 0.370. The summed E-state index contributed by atoms with van der Waals surface area (Å²) in [4.78, 5) is 15.1. The number of aromatic nitrogens is 1. The van der Waals surface area contributed by atoms with Gasteiger partial charge in [-0.1, -0.05) is 13.3 Å². The van der Waals surface area contributed by atoms with E-state index in [2.05, 4.69) is 17.2 Å². The summed E-state index contributed by atoms with van der Waals surface area (Å²) in [6, 6.07) is 1.93. The van der Waals surface area contributed by atoms with Crippen LogP contribution in [0.3, 0.4) is 0 Å². The van der Waals surface area contributed by atoms with Crippen LogP contribution in [0.4, 0.5) is 0 Å². The molecule has 1 heterocycles. The summed E-state index contributed by atoms with van der Waals surface area (Å²) in [5.74, 6) is 0. The summed E-state index contributed by atoms with van der Waals surface area (Å²) in [6.07, 6.45) is 7.29. The van der Waals surface area contributed by atoms with Crippen molar-refractivity contribution >= 4 is 18.1 Å². The number of aryl methyl sites for hydroxylation is 1. The first-order valence-electron chi connectivity index (χ1n) is 5.59. The highest BCUT2D eigenvalue weighted by molar-refractivity contribution is 6.10. The van der Waals surface area contributed by atoms with E-state index in [4.69, 9.17) is 5.41 Å². The zero-order valence-electron chi connectivity index (χ0n) is 10.2. The monoisotopic (exact) mass is 231 g/mol. The van der Waals surface area contributed by atoms with Gasteiger partial charge in [0.2, 0.25) is 0 Å². The van der Waals surface area contributed by atoms with Crippen LogP contribution in [0.15, 0.2) is 18.5 Å². The lowest BCUT2D eigenvalue weighted by Gasteiger charge is -2.07. The van der Waals surface area contributed by atoms with Gasteiger partial charge in [-0.05, 0) is 18.1 Å². The lowest BCUT2D eigenvalue weighted by molar-refractivity contribution is 0.111. The summed E-state index contributed by atoms with van der Waals surface area (Å²) < 4.78 is 0. The highest BCUT2D eigenvalue weighted by Crippen LogP contribution is 2.17. The van der Waals surface area contributed by atoms with Gasteiger partial charge >= 0.3 is 0 Å². The van der Waals surface area contributed by atoms with Crippen molar-refractivity contribution in [2.75, 3.05) is 7.05 Å². The van der Waals surface area contributed by atoms with Gasteiger partial charge in [0.05, 0.1) is 0 Å². The average molecular weight is 231 g/mol. The Hall–Kier alpha value is -1.97. The molecule has 0 saturated heterocycles. The molecule has 0 spiro atoms. The lowest BCUT2D eigenvalue weighted by Crippen LogP contribution is -2.03. The Morgan fingerprint density at radius 2 is 2.35 bits per heavy atom. The van der Waals surface area contributed by atoms with Crippen LogP contribution in [0.1, 0.15) is 35.0 Å². The van der Waals surface area contributed by atoms with E-state index in [1.807, 2.05) is 6.07 Å². The number of rotatable bonds is 6. The number of aldehydes is 1. The number of pyridine rings is 1. The average Bonchev–Trinajstić information content (AvgIpc) is 2.36. The Balaban J connectivity index is 3.26. The molecular formula is C13H17N3O. The van der Waals surface area contributed by atoms with Crippen molar-refractivity contribution in [1.29, 1.82) is 5.41 Å². The van der Waals surface area contributed by atoms with Gasteiger partial charge < -0.3 is 10.7 Å². The molecule has 0 aromatic carbocycles. The summed E-state index contributed by atoms with van der Waals surface area (Å²) in [5.41, 5.74) is 2.81. The fraction of sp³-hybridized carbons (Fsp3) is 0.308. The fourth-order valence-electron chi connectivity index (χ4n) is 1.62. The summed E-state index contributed by atoms with van der Waals surface area (Å²) in [5, 5.41) is 10.2. The van der Waals surface area contributed by atoms with Crippen molar-refractivity contribution in [2.45, 2.75) is 19.8 Å². The third-order valence-electron chi connectivity index (χ3n) is 2.39. The van der Waals surface area contributed by atoms with Crippen LogP contribution in [0.5, 0.6) is 0 Å². The second-order valence-electron chi connectivity index (χ2n) is 3.68. The second kappa shape index (κ2) is 6.58. The Morgan fingerprint density at radius 3 is 2.88 bits per heavy atom. The predicted octanol–water partition coefficient (Wildman–Crippen LogP) is 2.06. The van der Waals surface area contributed by atoms with Crippen molar-refractivity contribution in [3.8, 4) is 0 Å². The van der Waals surface area contributed by atoms with Crippen LogP contribution in [-0.4, -0.2) is 24.5 Å². The smallest absolute Gasteiger partial charge is 0.169 e. The summed E-state index contributed by atoms with van der Waals surface area (Å²) >= 11 is 0. The topological polar surface area (TPSA) is 65.8 Å². The number of carbonyl (C=O) groups excluding carboxylic acids is 1. The maximum Gasteiger partial charge on any atom is 0.169 e. The molecule has 0 atom stereocenters. The first kappa shape index (κ1) is 13.1. The van der Waals surface area contributed by atoms with Gasteiger partial charge in [-0.2, -0.15) is 0 Å². The molecule has 0 amide bonds. The maximum atomic E-state index is 10.9. The molecule has 0 unspecified atom stereocenters. The van der Waals surface area contributed by atoms with Gasteiger partial charge in [0.1, 0.15) is 5.69 Å². The van der Waals surface area contributed by atoms with Crippen LogP contribution in [0.25, 0.3) is 5.57 Å². The Bertz CT molecular complexity index is 438. The Morgan fingerprint density at radius 1 is 1.59 bits per heavy atom. The molecule has 4 heteroatoms. The van der Waals surface area contributed by atoms with E-state index >= 15 is 0 Å². The highest BCUT2D eigenvalue weighted by Gasteiger charge is 2.08.